The molecule has 2 aliphatic rings. The van der Waals surface area contributed by atoms with Crippen molar-refractivity contribution in [1.29, 1.82) is 0 Å². The van der Waals surface area contributed by atoms with Crippen molar-refractivity contribution in [2.24, 2.45) is 0 Å². The fourth-order valence-corrected chi connectivity index (χ4v) is 3.11. The molecule has 0 aromatic rings. The molecule has 0 bridgehead atoms. The minimum Gasteiger partial charge on any atom is -0.443 e. The van der Waals surface area contributed by atoms with Gasteiger partial charge in [0.2, 0.25) is 0 Å². The first kappa shape index (κ1) is 13.7. The van der Waals surface area contributed by atoms with Gasteiger partial charge in [-0.3, -0.25) is 0 Å². The van der Waals surface area contributed by atoms with Crippen LogP contribution in [0.3, 0.4) is 0 Å². The summed E-state index contributed by atoms with van der Waals surface area (Å²) < 4.78 is 5.84. The Morgan fingerprint density at radius 2 is 1.39 bits per heavy atom. The normalized spacial score (nSPS) is 25.1. The Morgan fingerprint density at radius 3 is 2.00 bits per heavy atom. The third-order valence-corrected chi connectivity index (χ3v) is 4.36. The van der Waals surface area contributed by atoms with E-state index in [1.165, 1.54) is 38.5 Å². The van der Waals surface area contributed by atoms with Crippen LogP contribution in [0.1, 0.15) is 71.1 Å². The monoisotopic (exact) mass is 253 g/mol. The number of hydrogen-bond acceptors (Lipinski definition) is 2. The molecule has 0 radical (unpaired) electrons. The first-order chi connectivity index (χ1) is 8.70. The van der Waals surface area contributed by atoms with Gasteiger partial charge in [0, 0.05) is 13.1 Å². The van der Waals surface area contributed by atoms with E-state index >= 15 is 0 Å². The van der Waals surface area contributed by atoms with Gasteiger partial charge in [0.05, 0.1) is 0 Å². The van der Waals surface area contributed by atoms with E-state index in [9.17, 15) is 4.79 Å². The predicted octanol–water partition coefficient (Wildman–Crippen LogP) is 4.11. The van der Waals surface area contributed by atoms with Crippen molar-refractivity contribution in [3.63, 3.8) is 0 Å². The zero-order chi connectivity index (χ0) is 12.8. The van der Waals surface area contributed by atoms with Crippen molar-refractivity contribution >= 4 is 6.09 Å². The van der Waals surface area contributed by atoms with E-state index in [0.29, 0.717) is 0 Å². The molecule has 2 rings (SSSR count). The smallest absolute Gasteiger partial charge is 0.410 e. The molecule has 0 N–H and O–H groups in total. The highest BCUT2D eigenvalue weighted by molar-refractivity contribution is 5.68. The number of rotatable bonds is 1. The molecule has 0 aromatic carbocycles. The van der Waals surface area contributed by atoms with Gasteiger partial charge in [0.15, 0.2) is 0 Å². The van der Waals surface area contributed by atoms with Crippen molar-refractivity contribution in [1.82, 2.24) is 4.90 Å². The highest BCUT2D eigenvalue weighted by Crippen LogP contribution is 2.30. The van der Waals surface area contributed by atoms with E-state index in [-0.39, 0.29) is 11.7 Å². The summed E-state index contributed by atoms with van der Waals surface area (Å²) in [6.45, 7) is 3.89. The van der Waals surface area contributed by atoms with Crippen LogP contribution in [0.15, 0.2) is 0 Å². The lowest BCUT2D eigenvalue weighted by Crippen LogP contribution is -2.42. The fourth-order valence-electron chi connectivity index (χ4n) is 3.11. The van der Waals surface area contributed by atoms with Crippen molar-refractivity contribution in [2.45, 2.75) is 76.7 Å². The third-order valence-electron chi connectivity index (χ3n) is 4.36. The zero-order valence-corrected chi connectivity index (χ0v) is 11.7. The molecule has 0 spiro atoms. The first-order valence-corrected chi connectivity index (χ1v) is 7.68. The van der Waals surface area contributed by atoms with E-state index in [2.05, 4.69) is 6.92 Å². The maximum Gasteiger partial charge on any atom is 0.410 e. The Bertz CT molecular complexity index is 264. The maximum absolute atomic E-state index is 12.2. The van der Waals surface area contributed by atoms with Crippen LogP contribution in [0.25, 0.3) is 0 Å². The van der Waals surface area contributed by atoms with E-state index in [1.807, 2.05) is 4.90 Å². The number of nitrogens with zero attached hydrogens (tertiary/aromatic N) is 1. The number of likely N-dealkylation sites (tertiary alicyclic amines) is 1. The van der Waals surface area contributed by atoms with E-state index in [4.69, 9.17) is 4.74 Å². The summed E-state index contributed by atoms with van der Waals surface area (Å²) in [5.41, 5.74) is -0.213. The van der Waals surface area contributed by atoms with Gasteiger partial charge in [-0.25, -0.2) is 4.79 Å². The van der Waals surface area contributed by atoms with Gasteiger partial charge in [-0.1, -0.05) is 19.3 Å². The van der Waals surface area contributed by atoms with Gasteiger partial charge < -0.3 is 9.64 Å². The third kappa shape index (κ3) is 3.89. The quantitative estimate of drug-likeness (QED) is 0.703. The Kier molecular flexibility index (Phi) is 4.90. The Hall–Kier alpha value is -0.730. The number of piperidine rings is 1. The van der Waals surface area contributed by atoms with E-state index < -0.39 is 0 Å². The molecule has 104 valence electrons. The summed E-state index contributed by atoms with van der Waals surface area (Å²) in [6.07, 6.45) is 11.8. The molecule has 0 aromatic heterocycles. The van der Waals surface area contributed by atoms with E-state index in [1.54, 1.807) is 0 Å². The summed E-state index contributed by atoms with van der Waals surface area (Å²) in [4.78, 5) is 14.1. The second kappa shape index (κ2) is 6.44. The van der Waals surface area contributed by atoms with Crippen LogP contribution >= 0.6 is 0 Å². The minimum atomic E-state index is -0.213. The second-order valence-electron chi connectivity index (χ2n) is 6.13. The molecular weight excluding hydrogens is 226 g/mol. The van der Waals surface area contributed by atoms with Gasteiger partial charge in [-0.05, 0) is 51.9 Å². The number of carbonyl (C=O) groups excluding carboxylic acids is 1. The summed E-state index contributed by atoms with van der Waals surface area (Å²) in [5.74, 6) is 0. The summed E-state index contributed by atoms with van der Waals surface area (Å²) >= 11 is 0. The number of hydrogen-bond donors (Lipinski definition) is 0. The zero-order valence-electron chi connectivity index (χ0n) is 11.7. The van der Waals surface area contributed by atoms with Crippen LogP contribution in [0.4, 0.5) is 4.79 Å². The predicted molar refractivity (Wildman–Crippen MR) is 72.6 cm³/mol. The average molecular weight is 253 g/mol. The Morgan fingerprint density at radius 1 is 0.889 bits per heavy atom. The maximum atomic E-state index is 12.2. The van der Waals surface area contributed by atoms with Gasteiger partial charge in [0.1, 0.15) is 5.60 Å². The van der Waals surface area contributed by atoms with Crippen molar-refractivity contribution in [3.8, 4) is 0 Å². The summed E-state index contributed by atoms with van der Waals surface area (Å²) in [5, 5.41) is 0. The number of ether oxygens (including phenoxy) is 1. The van der Waals surface area contributed by atoms with Crippen LogP contribution < -0.4 is 0 Å². The van der Waals surface area contributed by atoms with Crippen LogP contribution in [0, 0.1) is 0 Å². The average Bonchev–Trinajstić information content (AvgIpc) is 2.36. The molecule has 1 saturated carbocycles. The molecule has 0 atom stereocenters. The lowest BCUT2D eigenvalue weighted by atomic mass is 9.88. The van der Waals surface area contributed by atoms with Gasteiger partial charge in [-0.2, -0.15) is 0 Å². The molecule has 3 heteroatoms. The largest absolute Gasteiger partial charge is 0.443 e. The van der Waals surface area contributed by atoms with Crippen LogP contribution in [0.2, 0.25) is 0 Å². The number of amides is 1. The summed E-state index contributed by atoms with van der Waals surface area (Å²) in [6, 6.07) is 0. The van der Waals surface area contributed by atoms with Crippen LogP contribution in [0.5, 0.6) is 0 Å². The van der Waals surface area contributed by atoms with E-state index in [0.717, 1.165) is 38.8 Å². The number of carbonyl (C=O) groups is 1. The van der Waals surface area contributed by atoms with Crippen molar-refractivity contribution < 1.29 is 9.53 Å². The van der Waals surface area contributed by atoms with Gasteiger partial charge in [0.25, 0.3) is 0 Å². The molecule has 1 heterocycles. The molecule has 1 aliphatic carbocycles. The first-order valence-electron chi connectivity index (χ1n) is 7.68. The molecule has 18 heavy (non-hydrogen) atoms. The standard InChI is InChI=1S/C15H27NO2/c1-15(10-6-3-2-4-7-11-15)18-14(17)16-12-8-5-9-13-16/h2-13H2,1H3. The Labute approximate surface area is 111 Å². The topological polar surface area (TPSA) is 29.5 Å². The SMILES string of the molecule is CC1(OC(=O)N2CCCCC2)CCCCCCC1. The highest BCUT2D eigenvalue weighted by Gasteiger charge is 2.31. The highest BCUT2D eigenvalue weighted by atomic mass is 16.6. The lowest BCUT2D eigenvalue weighted by molar-refractivity contribution is -0.0164. The molecule has 1 saturated heterocycles. The lowest BCUT2D eigenvalue weighted by Gasteiger charge is -2.35. The fraction of sp³-hybridized carbons (Fsp3) is 0.933. The molecular formula is C15H27NO2. The van der Waals surface area contributed by atoms with Crippen molar-refractivity contribution in [2.75, 3.05) is 13.1 Å². The van der Waals surface area contributed by atoms with Gasteiger partial charge >= 0.3 is 6.09 Å². The molecule has 1 aliphatic heterocycles. The van der Waals surface area contributed by atoms with Crippen LogP contribution in [-0.4, -0.2) is 29.7 Å². The minimum absolute atomic E-state index is 0.0715. The molecule has 0 unspecified atom stereocenters. The Balaban J connectivity index is 1.86. The second-order valence-corrected chi connectivity index (χ2v) is 6.13. The van der Waals surface area contributed by atoms with Crippen LogP contribution in [-0.2, 0) is 4.74 Å². The molecule has 1 amide bonds. The molecule has 2 fully saturated rings. The molecule has 3 nitrogen and oxygen atoms in total. The van der Waals surface area contributed by atoms with Crippen molar-refractivity contribution in [3.05, 3.63) is 0 Å². The summed E-state index contributed by atoms with van der Waals surface area (Å²) in [7, 11) is 0. The van der Waals surface area contributed by atoms with Gasteiger partial charge in [-0.15, -0.1) is 0 Å².